The molecule has 1 unspecified atom stereocenters. The van der Waals surface area contributed by atoms with Gasteiger partial charge in [-0.2, -0.15) is 0 Å². The number of carbonyl (C=O) groups is 5. The van der Waals surface area contributed by atoms with Crippen LogP contribution in [0.4, 0.5) is 10.1 Å². The maximum atomic E-state index is 14.0. The predicted molar refractivity (Wildman–Crippen MR) is 225 cm³/mol. The van der Waals surface area contributed by atoms with Gasteiger partial charge in [-0.1, -0.05) is 13.0 Å². The number of pyridine rings is 1. The second kappa shape index (κ2) is 18.9. The Morgan fingerprint density at radius 1 is 0.902 bits per heavy atom. The van der Waals surface area contributed by atoms with Gasteiger partial charge in [-0.3, -0.25) is 39.2 Å². The summed E-state index contributed by atoms with van der Waals surface area (Å²) in [5.74, 6) is -0.944. The van der Waals surface area contributed by atoms with E-state index in [-0.39, 0.29) is 66.0 Å². The third-order valence-corrected chi connectivity index (χ3v) is 12.7. The fourth-order valence-electron chi connectivity index (χ4n) is 9.26. The molecule has 4 heterocycles. The molecule has 4 aliphatic rings. The lowest BCUT2D eigenvalue weighted by Gasteiger charge is -2.32. The molecule has 3 aromatic carbocycles. The summed E-state index contributed by atoms with van der Waals surface area (Å²) in [6.07, 6.45) is 8.53. The number of aromatic nitrogens is 1. The van der Waals surface area contributed by atoms with E-state index in [4.69, 9.17) is 14.2 Å². The lowest BCUT2D eigenvalue weighted by atomic mass is 9.73. The van der Waals surface area contributed by atoms with Crippen molar-refractivity contribution in [3.05, 3.63) is 95.4 Å². The number of anilines is 1. The second-order valence-corrected chi connectivity index (χ2v) is 16.6. The minimum Gasteiger partial charge on any atom is -0.490 e. The van der Waals surface area contributed by atoms with E-state index in [1.54, 1.807) is 30.5 Å². The molecule has 1 aliphatic carbocycles. The van der Waals surface area contributed by atoms with Crippen LogP contribution in [0.25, 0.3) is 10.9 Å². The van der Waals surface area contributed by atoms with E-state index in [0.717, 1.165) is 97.4 Å². The minimum absolute atomic E-state index is 0.0211. The molecule has 2 atom stereocenters. The van der Waals surface area contributed by atoms with Gasteiger partial charge in [0.25, 0.3) is 11.8 Å². The molecule has 13 nitrogen and oxygen atoms in total. The number of hydrogen-bond donors (Lipinski definition) is 2. The fraction of sp³-hybridized carbons (Fsp3) is 0.447. The van der Waals surface area contributed by atoms with Crippen LogP contribution in [-0.2, 0) is 19.1 Å². The Labute approximate surface area is 354 Å². The molecule has 5 amide bonds. The number of likely N-dealkylation sites (tertiary alicyclic amines) is 1. The maximum Gasteiger partial charge on any atom is 0.266 e. The number of nitrogens with zero attached hydrogens (tertiary/aromatic N) is 3. The average molecular weight is 834 g/mol. The molecule has 0 spiro atoms. The molecule has 320 valence electrons. The van der Waals surface area contributed by atoms with E-state index in [2.05, 4.69) is 20.5 Å². The third kappa shape index (κ3) is 9.60. The molecule has 4 aromatic rings. The Morgan fingerprint density at radius 2 is 1.69 bits per heavy atom. The third-order valence-electron chi connectivity index (χ3n) is 12.7. The Balaban J connectivity index is 0.698. The number of imide groups is 2. The van der Waals surface area contributed by atoms with Crippen LogP contribution in [0.3, 0.4) is 0 Å². The van der Waals surface area contributed by atoms with Crippen molar-refractivity contribution in [3.63, 3.8) is 0 Å². The van der Waals surface area contributed by atoms with Crippen molar-refractivity contribution < 1.29 is 42.6 Å². The highest BCUT2D eigenvalue weighted by Crippen LogP contribution is 2.41. The predicted octanol–water partition coefficient (Wildman–Crippen LogP) is 6.65. The number of ether oxygens (including phenoxy) is 3. The van der Waals surface area contributed by atoms with E-state index in [0.29, 0.717) is 19.1 Å². The van der Waals surface area contributed by atoms with Gasteiger partial charge in [0.1, 0.15) is 36.1 Å². The Bertz CT molecular complexity index is 2270. The fourth-order valence-corrected chi connectivity index (χ4v) is 9.26. The quantitative estimate of drug-likeness (QED) is 0.0982. The SMILES string of the molecule is C[C@@H](C(=O)Nc1ccc(OC2CCN(CCCOCCOc3cccc4c3C(=O)N(C3CCC(=O)NC3=O)C4=O)CC2)cc1)[C@H]1CC[C@@H](c2ccnc3ccc(F)cc32)CC1. The Morgan fingerprint density at radius 3 is 2.46 bits per heavy atom. The van der Waals surface area contributed by atoms with Crippen molar-refractivity contribution in [3.8, 4) is 11.5 Å². The van der Waals surface area contributed by atoms with Gasteiger partial charge in [0, 0.05) is 55.9 Å². The summed E-state index contributed by atoms with van der Waals surface area (Å²) in [4.78, 5) is 71.3. The Kier molecular flexibility index (Phi) is 13.0. The molecule has 3 fully saturated rings. The van der Waals surface area contributed by atoms with Gasteiger partial charge < -0.3 is 24.4 Å². The van der Waals surface area contributed by atoms with Gasteiger partial charge in [-0.15, -0.1) is 0 Å². The summed E-state index contributed by atoms with van der Waals surface area (Å²) < 4.78 is 32.0. The van der Waals surface area contributed by atoms with Gasteiger partial charge in [0.15, 0.2) is 0 Å². The molecule has 0 bridgehead atoms. The molecule has 8 rings (SSSR count). The number of benzene rings is 3. The molecular formula is C47H52FN5O8. The van der Waals surface area contributed by atoms with Crippen LogP contribution in [0.1, 0.15) is 96.9 Å². The van der Waals surface area contributed by atoms with Crippen molar-refractivity contribution in [1.82, 2.24) is 20.1 Å². The van der Waals surface area contributed by atoms with Gasteiger partial charge in [0.2, 0.25) is 17.7 Å². The highest BCUT2D eigenvalue weighted by Gasteiger charge is 2.46. The van der Waals surface area contributed by atoms with Crippen LogP contribution in [-0.4, -0.2) is 95.9 Å². The van der Waals surface area contributed by atoms with Crippen LogP contribution >= 0.6 is 0 Å². The zero-order chi connectivity index (χ0) is 42.5. The van der Waals surface area contributed by atoms with Crippen LogP contribution < -0.4 is 20.1 Å². The molecule has 1 saturated carbocycles. The second-order valence-electron chi connectivity index (χ2n) is 16.6. The monoisotopic (exact) mass is 833 g/mol. The largest absolute Gasteiger partial charge is 0.490 e. The minimum atomic E-state index is -1.03. The molecule has 3 aliphatic heterocycles. The van der Waals surface area contributed by atoms with Crippen LogP contribution in [0.15, 0.2) is 72.9 Å². The van der Waals surface area contributed by atoms with Gasteiger partial charge in [-0.05, 0) is 129 Å². The summed E-state index contributed by atoms with van der Waals surface area (Å²) in [5, 5.41) is 6.19. The van der Waals surface area contributed by atoms with E-state index >= 15 is 0 Å². The smallest absolute Gasteiger partial charge is 0.266 e. The zero-order valence-electron chi connectivity index (χ0n) is 34.4. The van der Waals surface area contributed by atoms with E-state index in [1.807, 2.05) is 37.3 Å². The van der Waals surface area contributed by atoms with Crippen LogP contribution in [0.2, 0.25) is 0 Å². The first kappa shape index (κ1) is 42.0. The van der Waals surface area contributed by atoms with E-state index in [1.165, 1.54) is 12.1 Å². The topological polar surface area (TPSA) is 156 Å². The number of hydrogen-bond acceptors (Lipinski definition) is 10. The van der Waals surface area contributed by atoms with Crippen molar-refractivity contribution in [1.29, 1.82) is 0 Å². The number of amides is 5. The number of carbonyl (C=O) groups excluding carboxylic acids is 5. The normalized spacial score (nSPS) is 21.6. The average Bonchev–Trinajstić information content (AvgIpc) is 3.52. The van der Waals surface area contributed by atoms with Crippen molar-refractivity contribution >= 4 is 46.1 Å². The molecule has 61 heavy (non-hydrogen) atoms. The van der Waals surface area contributed by atoms with Crippen LogP contribution in [0, 0.1) is 17.7 Å². The van der Waals surface area contributed by atoms with Crippen molar-refractivity contribution in [2.24, 2.45) is 11.8 Å². The molecule has 1 aromatic heterocycles. The van der Waals surface area contributed by atoms with Crippen LogP contribution in [0.5, 0.6) is 11.5 Å². The summed E-state index contributed by atoms with van der Waals surface area (Å²) in [7, 11) is 0. The van der Waals surface area contributed by atoms with Crippen molar-refractivity contribution in [2.75, 3.05) is 44.8 Å². The first-order valence-electron chi connectivity index (χ1n) is 21.5. The molecule has 0 radical (unpaired) electrons. The molecule has 14 heteroatoms. The molecule has 2 saturated heterocycles. The van der Waals surface area contributed by atoms with Gasteiger partial charge in [0.05, 0.1) is 23.3 Å². The molecular weight excluding hydrogens is 782 g/mol. The lowest BCUT2D eigenvalue weighted by Crippen LogP contribution is -2.54. The summed E-state index contributed by atoms with van der Waals surface area (Å²) in [6.45, 7) is 5.78. The summed E-state index contributed by atoms with van der Waals surface area (Å²) >= 11 is 0. The van der Waals surface area contributed by atoms with E-state index < -0.39 is 29.7 Å². The maximum absolute atomic E-state index is 14.0. The first-order valence-corrected chi connectivity index (χ1v) is 21.5. The first-order chi connectivity index (χ1) is 29.6. The number of nitrogens with one attached hydrogen (secondary N) is 2. The number of halogens is 1. The Hall–Kier alpha value is -5.73. The highest BCUT2D eigenvalue weighted by atomic mass is 19.1. The van der Waals surface area contributed by atoms with Gasteiger partial charge >= 0.3 is 0 Å². The summed E-state index contributed by atoms with van der Waals surface area (Å²) in [5.41, 5.74) is 3.01. The summed E-state index contributed by atoms with van der Waals surface area (Å²) in [6, 6.07) is 18.2. The molecule has 2 N–H and O–H groups in total. The zero-order valence-corrected chi connectivity index (χ0v) is 34.4. The standard InChI is InChI=1S/C47H52FN5O8/c1-29(30-6-8-31(9-7-30)36-18-21-49-39-15-10-32(48)28-38(36)39)44(55)50-33-11-13-34(14-12-33)61-35-19-23-52(24-20-35)22-3-25-59-26-27-60-41-5-2-4-37-43(41)47(58)53(46(37)57)40-16-17-42(54)51-45(40)56/h2,4-5,10-15,18,21,28-31,35,40H,3,6-9,16-17,19-20,22-27H2,1H3,(H,50,55)(H,51,54,56)/t29-,30-,31+,40?/m1/s1. The number of fused-ring (bicyclic) bond motifs is 2. The highest BCUT2D eigenvalue weighted by molar-refractivity contribution is 6.24. The van der Waals surface area contributed by atoms with E-state index in [9.17, 15) is 28.4 Å². The van der Waals surface area contributed by atoms with Gasteiger partial charge in [-0.25, -0.2) is 4.39 Å². The number of rotatable bonds is 15. The lowest BCUT2D eigenvalue weighted by molar-refractivity contribution is -0.136. The number of piperidine rings is 2. The van der Waals surface area contributed by atoms with Crippen molar-refractivity contribution in [2.45, 2.75) is 82.8 Å².